The van der Waals surface area contributed by atoms with E-state index >= 15 is 0 Å². The maximum atomic E-state index is 9.58. The number of nitrogens with zero attached hydrogens (tertiary/aromatic N) is 4. The molecule has 156 valence electrons. The van der Waals surface area contributed by atoms with Gasteiger partial charge < -0.3 is 15.9 Å². The second-order valence-electron chi connectivity index (χ2n) is 6.57. The third kappa shape index (κ3) is 4.00. The van der Waals surface area contributed by atoms with E-state index in [-0.39, 0.29) is 5.56 Å². The van der Waals surface area contributed by atoms with Gasteiger partial charge >= 0.3 is 0 Å². The van der Waals surface area contributed by atoms with Gasteiger partial charge in [0, 0.05) is 23.1 Å². The number of halogens is 1. The van der Waals surface area contributed by atoms with Crippen molar-refractivity contribution in [3.05, 3.63) is 65.5 Å². The smallest absolute Gasteiger partial charge is 0.271 e. The van der Waals surface area contributed by atoms with Crippen molar-refractivity contribution < 1.29 is 10.2 Å². The number of benzene rings is 1. The van der Waals surface area contributed by atoms with Gasteiger partial charge in [-0.05, 0) is 49.7 Å². The molecule has 0 bridgehead atoms. The van der Waals surface area contributed by atoms with Gasteiger partial charge in [-0.1, -0.05) is 37.6 Å². The van der Waals surface area contributed by atoms with Crippen LogP contribution in [0.15, 0.2) is 48.7 Å². The van der Waals surface area contributed by atoms with Gasteiger partial charge in [0.15, 0.2) is 11.5 Å². The fourth-order valence-electron chi connectivity index (χ4n) is 3.04. The van der Waals surface area contributed by atoms with E-state index in [1.807, 2.05) is 44.4 Å². The summed E-state index contributed by atoms with van der Waals surface area (Å²) in [5, 5.41) is 16.7. The number of anilines is 1. The maximum absolute atomic E-state index is 9.58. The van der Waals surface area contributed by atoms with Crippen molar-refractivity contribution in [1.29, 1.82) is 0 Å². The monoisotopic (exact) mass is 425 g/mol. The van der Waals surface area contributed by atoms with Crippen molar-refractivity contribution in [2.75, 3.05) is 5.73 Å². The molecule has 4 N–H and O–H groups in total. The lowest BCUT2D eigenvalue weighted by molar-refractivity contribution is -0.0902. The lowest BCUT2D eigenvalue weighted by Crippen LogP contribution is -2.16. The highest BCUT2D eigenvalue weighted by atomic mass is 35.5. The SMILES string of the molecule is CC.Cc1cc2nc(-c3cccnc3N)n(-c3ccc(C(O)(O)Cl)cc3)c2nc1C. The molecule has 1 aromatic carbocycles. The van der Waals surface area contributed by atoms with E-state index in [2.05, 4.69) is 4.98 Å². The van der Waals surface area contributed by atoms with E-state index in [1.165, 1.54) is 12.1 Å². The van der Waals surface area contributed by atoms with Crippen LogP contribution in [0, 0.1) is 13.8 Å². The van der Waals surface area contributed by atoms with Gasteiger partial charge in [0.05, 0.1) is 5.56 Å². The zero-order chi connectivity index (χ0) is 22.1. The Hall–Kier alpha value is -3.00. The predicted molar refractivity (Wildman–Crippen MR) is 119 cm³/mol. The molecular formula is C22H24ClN5O2. The van der Waals surface area contributed by atoms with Crippen LogP contribution in [0.2, 0.25) is 0 Å². The highest BCUT2D eigenvalue weighted by Gasteiger charge is 2.23. The summed E-state index contributed by atoms with van der Waals surface area (Å²) in [4.78, 5) is 13.6. The van der Waals surface area contributed by atoms with E-state index in [4.69, 9.17) is 27.3 Å². The van der Waals surface area contributed by atoms with Crippen molar-refractivity contribution in [3.8, 4) is 17.1 Å². The van der Waals surface area contributed by atoms with E-state index < -0.39 is 5.25 Å². The molecule has 8 heteroatoms. The minimum Gasteiger partial charge on any atom is -0.383 e. The molecule has 0 radical (unpaired) electrons. The molecule has 0 saturated carbocycles. The Labute approximate surface area is 179 Å². The lowest BCUT2D eigenvalue weighted by Gasteiger charge is -2.15. The summed E-state index contributed by atoms with van der Waals surface area (Å²) in [6.07, 6.45) is 1.62. The molecule has 0 saturated heterocycles. The standard InChI is InChI=1S/C20H18ClN5O2.C2H6/c1-11-10-16-19(24-12(11)2)26(14-7-5-13(6-8-14)20(21,27)28)18(25-16)15-4-3-9-23-17(15)22;1-2/h3-10,27-28H,1-2H3,(H2,22,23);1-2H3. The number of hydrogen-bond acceptors (Lipinski definition) is 6. The van der Waals surface area contributed by atoms with Crippen LogP contribution < -0.4 is 5.73 Å². The summed E-state index contributed by atoms with van der Waals surface area (Å²) in [5.74, 6) is 0.950. The molecule has 4 rings (SSSR count). The number of rotatable bonds is 3. The highest BCUT2D eigenvalue weighted by molar-refractivity contribution is 6.21. The average Bonchev–Trinajstić information content (AvgIpc) is 3.07. The maximum Gasteiger partial charge on any atom is 0.271 e. The number of pyridine rings is 2. The molecule has 0 amide bonds. The Bertz CT molecular complexity index is 1180. The van der Waals surface area contributed by atoms with E-state index in [1.54, 1.807) is 24.4 Å². The number of aromatic nitrogens is 4. The molecule has 0 aliphatic rings. The number of nitrogen functional groups attached to an aromatic ring is 1. The van der Waals surface area contributed by atoms with Gasteiger partial charge in [0.25, 0.3) is 5.25 Å². The molecule has 7 nitrogen and oxygen atoms in total. The zero-order valence-corrected chi connectivity index (χ0v) is 18.0. The second kappa shape index (κ2) is 8.39. The molecule has 0 aliphatic heterocycles. The van der Waals surface area contributed by atoms with E-state index in [0.717, 1.165) is 22.5 Å². The van der Waals surface area contributed by atoms with E-state index in [0.29, 0.717) is 22.9 Å². The first kappa shape index (κ1) is 21.7. The summed E-state index contributed by atoms with van der Waals surface area (Å²) in [5.41, 5.74) is 11.0. The normalized spacial score (nSPS) is 11.3. The van der Waals surface area contributed by atoms with Gasteiger partial charge in [-0.15, -0.1) is 0 Å². The first-order chi connectivity index (χ1) is 14.3. The van der Waals surface area contributed by atoms with Crippen LogP contribution in [-0.2, 0) is 5.25 Å². The minimum absolute atomic E-state index is 0.157. The van der Waals surface area contributed by atoms with Crippen LogP contribution in [0.25, 0.3) is 28.2 Å². The van der Waals surface area contributed by atoms with Crippen molar-refractivity contribution >= 4 is 28.6 Å². The number of nitrogens with two attached hydrogens (primary N) is 1. The fourth-order valence-corrected chi connectivity index (χ4v) is 3.17. The molecular weight excluding hydrogens is 402 g/mol. The summed E-state index contributed by atoms with van der Waals surface area (Å²) in [7, 11) is 0. The van der Waals surface area contributed by atoms with Crippen molar-refractivity contribution in [3.63, 3.8) is 0 Å². The zero-order valence-electron chi connectivity index (χ0n) is 17.3. The number of fused-ring (bicyclic) bond motifs is 1. The number of aryl methyl sites for hydroxylation is 2. The summed E-state index contributed by atoms with van der Waals surface area (Å²) in [6.45, 7) is 7.92. The van der Waals surface area contributed by atoms with Gasteiger partial charge in [-0.3, -0.25) is 4.57 Å². The van der Waals surface area contributed by atoms with Crippen molar-refractivity contribution in [2.24, 2.45) is 0 Å². The number of hydrogen-bond donors (Lipinski definition) is 3. The molecule has 30 heavy (non-hydrogen) atoms. The molecule has 0 spiro atoms. The quantitative estimate of drug-likeness (QED) is 0.337. The Morgan fingerprint density at radius 3 is 2.30 bits per heavy atom. The third-order valence-electron chi connectivity index (χ3n) is 4.65. The Balaban J connectivity index is 0.00000124. The first-order valence-electron chi connectivity index (χ1n) is 9.58. The minimum atomic E-state index is -2.43. The Morgan fingerprint density at radius 2 is 1.70 bits per heavy atom. The van der Waals surface area contributed by atoms with Crippen LogP contribution in [0.3, 0.4) is 0 Å². The topological polar surface area (TPSA) is 110 Å². The summed E-state index contributed by atoms with van der Waals surface area (Å²) in [6, 6.07) is 12.1. The van der Waals surface area contributed by atoms with Crippen LogP contribution in [-0.4, -0.2) is 29.7 Å². The molecule has 0 unspecified atom stereocenters. The number of imidazole rings is 1. The number of aliphatic hydroxyl groups is 2. The average molecular weight is 426 g/mol. The highest BCUT2D eigenvalue weighted by Crippen LogP contribution is 2.32. The molecule has 4 aromatic rings. The summed E-state index contributed by atoms with van der Waals surface area (Å²) >= 11 is 5.57. The summed E-state index contributed by atoms with van der Waals surface area (Å²) < 4.78 is 1.86. The third-order valence-corrected chi connectivity index (χ3v) is 4.87. The van der Waals surface area contributed by atoms with Crippen LogP contribution in [0.5, 0.6) is 0 Å². The van der Waals surface area contributed by atoms with Gasteiger partial charge in [0.2, 0.25) is 0 Å². The predicted octanol–water partition coefficient (Wildman–Crippen LogP) is 4.04. The molecule has 0 fully saturated rings. The molecule has 0 aliphatic carbocycles. The first-order valence-corrected chi connectivity index (χ1v) is 9.95. The van der Waals surface area contributed by atoms with E-state index in [9.17, 15) is 10.2 Å². The van der Waals surface area contributed by atoms with Crippen LogP contribution >= 0.6 is 11.6 Å². The fraction of sp³-hybridized carbons (Fsp3) is 0.227. The molecule has 3 aromatic heterocycles. The van der Waals surface area contributed by atoms with Crippen LogP contribution in [0.4, 0.5) is 5.82 Å². The number of alkyl halides is 1. The Kier molecular flexibility index (Phi) is 6.07. The van der Waals surface area contributed by atoms with Gasteiger partial charge in [-0.2, -0.15) is 0 Å². The lowest BCUT2D eigenvalue weighted by atomic mass is 10.2. The Morgan fingerprint density at radius 1 is 1.03 bits per heavy atom. The van der Waals surface area contributed by atoms with Gasteiger partial charge in [0.1, 0.15) is 11.3 Å². The largest absolute Gasteiger partial charge is 0.383 e. The second-order valence-corrected chi connectivity index (χ2v) is 7.10. The van der Waals surface area contributed by atoms with Crippen molar-refractivity contribution in [2.45, 2.75) is 32.9 Å². The molecule has 3 heterocycles. The van der Waals surface area contributed by atoms with Crippen LogP contribution in [0.1, 0.15) is 30.7 Å². The molecule has 0 atom stereocenters. The van der Waals surface area contributed by atoms with Gasteiger partial charge in [-0.25, -0.2) is 15.0 Å². The van der Waals surface area contributed by atoms with Crippen molar-refractivity contribution in [1.82, 2.24) is 19.5 Å².